The Labute approximate surface area is 193 Å². The van der Waals surface area contributed by atoms with Crippen LogP contribution >= 0.6 is 23.4 Å². The van der Waals surface area contributed by atoms with E-state index in [0.717, 1.165) is 38.5 Å². The van der Waals surface area contributed by atoms with E-state index in [1.54, 1.807) is 0 Å². The van der Waals surface area contributed by atoms with Crippen LogP contribution in [0.3, 0.4) is 0 Å². The topological polar surface area (TPSA) is 125 Å². The van der Waals surface area contributed by atoms with E-state index in [1.807, 2.05) is 4.57 Å². The minimum absolute atomic E-state index is 0.0141. The van der Waals surface area contributed by atoms with Gasteiger partial charge in [0.2, 0.25) is 11.9 Å². The van der Waals surface area contributed by atoms with E-state index in [-0.39, 0.29) is 28.5 Å². The van der Waals surface area contributed by atoms with Crippen molar-refractivity contribution in [1.82, 2.24) is 14.8 Å². The number of nitro benzene ring substituents is 1. The van der Waals surface area contributed by atoms with Crippen LogP contribution in [0.25, 0.3) is 0 Å². The summed E-state index contributed by atoms with van der Waals surface area (Å²) in [6, 6.07) is 4.14. The Morgan fingerprint density at radius 2 is 2.12 bits per heavy atom. The zero-order chi connectivity index (χ0) is 22.5. The van der Waals surface area contributed by atoms with Crippen LogP contribution in [0.2, 0.25) is 5.02 Å². The van der Waals surface area contributed by atoms with Gasteiger partial charge in [0.25, 0.3) is 5.69 Å². The number of nitrogens with zero attached hydrogens (tertiary/aromatic N) is 5. The van der Waals surface area contributed by atoms with E-state index < -0.39 is 4.92 Å². The second kappa shape index (κ2) is 10.5. The molecule has 0 saturated carbocycles. The fourth-order valence-electron chi connectivity index (χ4n) is 3.59. The number of nitrogens with one attached hydrogen (secondary N) is 1. The zero-order valence-corrected chi connectivity index (χ0v) is 18.8. The van der Waals surface area contributed by atoms with Crippen LogP contribution in [-0.2, 0) is 20.8 Å². The van der Waals surface area contributed by atoms with Gasteiger partial charge in [-0.1, -0.05) is 23.4 Å². The lowest BCUT2D eigenvalue weighted by Gasteiger charge is -2.28. The molecule has 2 fully saturated rings. The lowest BCUT2D eigenvalue weighted by molar-refractivity contribution is -0.384. The molecule has 0 spiro atoms. The number of benzene rings is 1. The molecule has 2 aliphatic heterocycles. The maximum atomic E-state index is 12.5. The van der Waals surface area contributed by atoms with Gasteiger partial charge in [0, 0.05) is 31.5 Å². The van der Waals surface area contributed by atoms with E-state index in [1.165, 1.54) is 30.0 Å². The molecule has 0 bridgehead atoms. The van der Waals surface area contributed by atoms with Gasteiger partial charge in [0.1, 0.15) is 5.02 Å². The lowest BCUT2D eigenvalue weighted by Crippen LogP contribution is -2.38. The maximum absolute atomic E-state index is 12.5. The third kappa shape index (κ3) is 5.49. The largest absolute Gasteiger partial charge is 0.378 e. The highest BCUT2D eigenvalue weighted by Crippen LogP contribution is 2.28. The van der Waals surface area contributed by atoms with Crippen molar-refractivity contribution in [3.05, 3.63) is 33.3 Å². The second-order valence-corrected chi connectivity index (χ2v) is 8.74. The number of ether oxygens (including phenoxy) is 2. The molecule has 2 aliphatic rings. The summed E-state index contributed by atoms with van der Waals surface area (Å²) in [6.45, 7) is 4.08. The average molecular weight is 483 g/mol. The predicted octanol–water partition coefficient (Wildman–Crippen LogP) is 2.59. The maximum Gasteiger partial charge on any atom is 0.289 e. The standard InChI is InChI=1S/C19H23ClN6O5S/c20-15-4-3-13(10-16(15)26(28)29)21-17(27)12-32-19-23-22-18(24-5-8-30-9-6-24)25(19)11-14-2-1-7-31-14/h3-4,10,14H,1-2,5-9,11-12H2,(H,21,27). The highest BCUT2D eigenvalue weighted by atomic mass is 35.5. The van der Waals surface area contributed by atoms with E-state index >= 15 is 0 Å². The molecule has 172 valence electrons. The van der Waals surface area contributed by atoms with E-state index in [4.69, 9.17) is 21.1 Å². The number of amides is 1. The number of morpholine rings is 1. The zero-order valence-electron chi connectivity index (χ0n) is 17.2. The van der Waals surface area contributed by atoms with Gasteiger partial charge < -0.3 is 19.7 Å². The van der Waals surface area contributed by atoms with E-state index in [0.29, 0.717) is 30.6 Å². The third-order valence-corrected chi connectivity index (χ3v) is 6.45. The highest BCUT2D eigenvalue weighted by Gasteiger charge is 2.25. The molecule has 0 aliphatic carbocycles. The van der Waals surface area contributed by atoms with Crippen LogP contribution in [0.1, 0.15) is 12.8 Å². The summed E-state index contributed by atoms with van der Waals surface area (Å²) in [7, 11) is 0. The number of anilines is 2. The Kier molecular flexibility index (Phi) is 7.45. The van der Waals surface area contributed by atoms with Crippen LogP contribution in [0, 0.1) is 10.1 Å². The molecule has 11 nitrogen and oxygen atoms in total. The van der Waals surface area contributed by atoms with Gasteiger partial charge in [-0.3, -0.25) is 19.5 Å². The summed E-state index contributed by atoms with van der Waals surface area (Å²) < 4.78 is 13.2. The van der Waals surface area contributed by atoms with Crippen LogP contribution < -0.4 is 10.2 Å². The normalized spacial score (nSPS) is 18.7. The highest BCUT2D eigenvalue weighted by molar-refractivity contribution is 7.99. The number of carbonyl (C=O) groups excluding carboxylic acids is 1. The van der Waals surface area contributed by atoms with Crippen LogP contribution in [0.4, 0.5) is 17.3 Å². The quantitative estimate of drug-likeness (QED) is 0.343. The molecule has 1 amide bonds. The fraction of sp³-hybridized carbons (Fsp3) is 0.526. The van der Waals surface area contributed by atoms with Crippen molar-refractivity contribution in [3.63, 3.8) is 0 Å². The third-order valence-electron chi connectivity index (χ3n) is 5.16. The van der Waals surface area contributed by atoms with Crippen molar-refractivity contribution in [2.75, 3.05) is 48.9 Å². The molecule has 1 atom stereocenters. The fourth-order valence-corrected chi connectivity index (χ4v) is 4.52. The molecular formula is C19H23ClN6O5S. The molecule has 13 heteroatoms. The number of nitro groups is 1. The lowest BCUT2D eigenvalue weighted by atomic mass is 10.2. The smallest absolute Gasteiger partial charge is 0.289 e. The predicted molar refractivity (Wildman–Crippen MR) is 119 cm³/mol. The first-order valence-electron chi connectivity index (χ1n) is 10.3. The first-order valence-corrected chi connectivity index (χ1v) is 11.6. The van der Waals surface area contributed by atoms with Crippen LogP contribution in [-0.4, -0.2) is 70.4 Å². The van der Waals surface area contributed by atoms with Gasteiger partial charge in [-0.25, -0.2) is 0 Å². The van der Waals surface area contributed by atoms with Gasteiger partial charge >= 0.3 is 0 Å². The van der Waals surface area contributed by atoms with Gasteiger partial charge in [-0.2, -0.15) is 0 Å². The second-order valence-electron chi connectivity index (χ2n) is 7.39. The minimum atomic E-state index is -0.590. The number of halogens is 1. The van der Waals surface area contributed by atoms with Crippen molar-refractivity contribution >= 4 is 46.6 Å². The molecule has 2 saturated heterocycles. The molecule has 1 aromatic carbocycles. The first-order chi connectivity index (χ1) is 15.5. The molecule has 1 unspecified atom stereocenters. The average Bonchev–Trinajstić information content (AvgIpc) is 3.44. The Morgan fingerprint density at radius 3 is 2.84 bits per heavy atom. The van der Waals surface area contributed by atoms with E-state index in [9.17, 15) is 14.9 Å². The number of hydrogen-bond acceptors (Lipinski definition) is 9. The summed E-state index contributed by atoms with van der Waals surface area (Å²) in [4.78, 5) is 25.1. The monoisotopic (exact) mass is 482 g/mol. The molecule has 3 heterocycles. The van der Waals surface area contributed by atoms with Gasteiger partial charge in [-0.15, -0.1) is 10.2 Å². The summed E-state index contributed by atoms with van der Waals surface area (Å²) in [5.41, 5.74) is 0.0464. The van der Waals surface area contributed by atoms with Crippen LogP contribution in [0.5, 0.6) is 0 Å². The molecular weight excluding hydrogens is 460 g/mol. The van der Waals surface area contributed by atoms with Gasteiger partial charge in [0.15, 0.2) is 5.16 Å². The minimum Gasteiger partial charge on any atom is -0.378 e. The summed E-state index contributed by atoms with van der Waals surface area (Å²) in [5, 5.41) is 23.0. The van der Waals surface area contributed by atoms with Crippen molar-refractivity contribution < 1.29 is 19.2 Å². The Balaban J connectivity index is 1.43. The van der Waals surface area contributed by atoms with Crippen molar-refractivity contribution in [3.8, 4) is 0 Å². The van der Waals surface area contributed by atoms with Gasteiger partial charge in [-0.05, 0) is 25.0 Å². The van der Waals surface area contributed by atoms with Crippen molar-refractivity contribution in [2.45, 2.75) is 30.6 Å². The molecule has 1 aromatic heterocycles. The summed E-state index contributed by atoms with van der Waals surface area (Å²) >= 11 is 7.08. The number of aromatic nitrogens is 3. The van der Waals surface area contributed by atoms with Crippen molar-refractivity contribution in [2.24, 2.45) is 0 Å². The van der Waals surface area contributed by atoms with Crippen LogP contribution in [0.15, 0.2) is 23.4 Å². The first kappa shape index (κ1) is 22.8. The molecule has 4 rings (SSSR count). The number of rotatable bonds is 8. The Hall–Kier alpha value is -2.41. The van der Waals surface area contributed by atoms with Gasteiger partial charge in [0.05, 0.1) is 36.5 Å². The molecule has 0 radical (unpaired) electrons. The summed E-state index contributed by atoms with van der Waals surface area (Å²) in [6.07, 6.45) is 2.09. The summed E-state index contributed by atoms with van der Waals surface area (Å²) in [5.74, 6) is 0.509. The molecule has 1 N–H and O–H groups in total. The Morgan fingerprint density at radius 1 is 1.31 bits per heavy atom. The number of thioether (sulfide) groups is 1. The Bertz CT molecular complexity index is 977. The number of carbonyl (C=O) groups is 1. The molecule has 2 aromatic rings. The molecule has 32 heavy (non-hydrogen) atoms. The van der Waals surface area contributed by atoms with Crippen molar-refractivity contribution in [1.29, 1.82) is 0 Å². The van der Waals surface area contributed by atoms with E-state index in [2.05, 4.69) is 20.4 Å². The SMILES string of the molecule is O=C(CSc1nnc(N2CCOCC2)n1CC1CCCO1)Nc1ccc(Cl)c([N+](=O)[O-])c1. The number of hydrogen-bond donors (Lipinski definition) is 1.